The van der Waals surface area contributed by atoms with Crippen molar-refractivity contribution in [2.24, 2.45) is 0 Å². The van der Waals surface area contributed by atoms with E-state index >= 15 is 0 Å². The van der Waals surface area contributed by atoms with Crippen LogP contribution in [0.3, 0.4) is 0 Å². The molecule has 0 radical (unpaired) electrons. The molecule has 0 unspecified atom stereocenters. The Morgan fingerprint density at radius 3 is 1.24 bits per heavy atom. The Hall–Kier alpha value is -2.60. The van der Waals surface area contributed by atoms with E-state index in [0.29, 0.717) is 0 Å². The second-order valence-electron chi connectivity index (χ2n) is 11.5. The first-order valence-electron chi connectivity index (χ1n) is 13.8. The van der Waals surface area contributed by atoms with Crippen molar-refractivity contribution in [1.29, 1.82) is 0 Å². The maximum Gasteiger partial charge on any atom is -0.00235 e. The van der Waals surface area contributed by atoms with Gasteiger partial charge < -0.3 is 0 Å². The van der Waals surface area contributed by atoms with Gasteiger partial charge in [-0.1, -0.05) is 87.1 Å². The Kier molecular flexibility index (Phi) is 4.87. The topological polar surface area (TPSA) is 0 Å². The van der Waals surface area contributed by atoms with Crippen molar-refractivity contribution in [1.82, 2.24) is 0 Å². The summed E-state index contributed by atoms with van der Waals surface area (Å²) in [5.74, 6) is 1.46. The lowest BCUT2D eigenvalue weighted by Crippen LogP contribution is -2.06. The summed E-state index contributed by atoms with van der Waals surface area (Å²) >= 11 is 0. The summed E-state index contributed by atoms with van der Waals surface area (Å²) in [6.07, 6.45) is 13.8. The zero-order chi connectivity index (χ0) is 22.8. The molecule has 0 amide bonds. The Balaban J connectivity index is 1.62. The van der Waals surface area contributed by atoms with Gasteiger partial charge in [-0.2, -0.15) is 0 Å². The smallest absolute Gasteiger partial charge is 0.00235 e. The normalized spacial score (nSPS) is 18.6. The van der Waals surface area contributed by atoms with Gasteiger partial charge in [0.15, 0.2) is 0 Å². The van der Waals surface area contributed by atoms with Crippen molar-refractivity contribution in [3.8, 4) is 0 Å². The van der Waals surface area contributed by atoms with Gasteiger partial charge >= 0.3 is 0 Å². The molecular formula is C34H36. The highest BCUT2D eigenvalue weighted by Crippen LogP contribution is 2.46. The summed E-state index contributed by atoms with van der Waals surface area (Å²) in [6.45, 7) is 4.62. The van der Waals surface area contributed by atoms with E-state index in [9.17, 15) is 0 Å². The van der Waals surface area contributed by atoms with Crippen LogP contribution in [-0.4, -0.2) is 0 Å². The molecule has 0 nitrogen and oxygen atoms in total. The van der Waals surface area contributed by atoms with Crippen LogP contribution in [0.4, 0.5) is 0 Å². The van der Waals surface area contributed by atoms with Gasteiger partial charge in [-0.3, -0.25) is 0 Å². The molecule has 0 aromatic heterocycles. The molecule has 0 heteroatoms. The molecule has 172 valence electrons. The number of hydrogen-bond donors (Lipinski definition) is 0. The van der Waals surface area contributed by atoms with Crippen LogP contribution >= 0.6 is 0 Å². The molecule has 0 spiro atoms. The largest absolute Gasteiger partial charge is 0.0581 e. The Morgan fingerprint density at radius 2 is 0.824 bits per heavy atom. The fourth-order valence-corrected chi connectivity index (χ4v) is 7.51. The highest BCUT2D eigenvalue weighted by Gasteiger charge is 2.22. The lowest BCUT2D eigenvalue weighted by Gasteiger charge is -2.26. The lowest BCUT2D eigenvalue weighted by atomic mass is 9.79. The number of benzene rings is 5. The molecule has 0 aliphatic heterocycles. The molecule has 0 atom stereocenters. The van der Waals surface area contributed by atoms with E-state index in [4.69, 9.17) is 0 Å². The molecule has 5 aromatic carbocycles. The average molecular weight is 445 g/mol. The summed E-state index contributed by atoms with van der Waals surface area (Å²) in [6, 6.07) is 19.9. The van der Waals surface area contributed by atoms with Gasteiger partial charge in [-0.15, -0.1) is 0 Å². The predicted octanol–water partition coefficient (Wildman–Crippen LogP) is 10.4. The lowest BCUT2D eigenvalue weighted by molar-refractivity contribution is 0.444. The summed E-state index contributed by atoms with van der Waals surface area (Å²) < 4.78 is 0. The molecule has 2 saturated carbocycles. The third kappa shape index (κ3) is 3.10. The van der Waals surface area contributed by atoms with Crippen molar-refractivity contribution in [2.75, 3.05) is 0 Å². The van der Waals surface area contributed by atoms with E-state index in [-0.39, 0.29) is 0 Å². The van der Waals surface area contributed by atoms with E-state index < -0.39 is 0 Å². The van der Waals surface area contributed by atoms with Crippen LogP contribution in [0.15, 0.2) is 48.5 Å². The van der Waals surface area contributed by atoms with Crippen LogP contribution in [0.2, 0.25) is 0 Å². The van der Waals surface area contributed by atoms with Gasteiger partial charge in [-0.25, -0.2) is 0 Å². The molecule has 2 aliphatic carbocycles. The molecule has 0 N–H and O–H groups in total. The number of rotatable bonds is 2. The van der Waals surface area contributed by atoms with Crippen molar-refractivity contribution < 1.29 is 0 Å². The molecule has 2 fully saturated rings. The number of fused-ring (bicyclic) bond motifs is 2. The SMILES string of the molecule is Cc1ccc2c3ccc(C)c4cc(C5CCCCC5)cc(c5cc(C6CCCCC6)cc1c25)c43. The monoisotopic (exact) mass is 444 g/mol. The maximum absolute atomic E-state index is 2.62. The van der Waals surface area contributed by atoms with E-state index in [1.807, 2.05) is 0 Å². The predicted molar refractivity (Wildman–Crippen MR) is 149 cm³/mol. The van der Waals surface area contributed by atoms with Crippen LogP contribution in [0.5, 0.6) is 0 Å². The second-order valence-corrected chi connectivity index (χ2v) is 11.5. The third-order valence-electron chi connectivity index (χ3n) is 9.44. The van der Waals surface area contributed by atoms with E-state index in [1.165, 1.54) is 118 Å². The minimum Gasteiger partial charge on any atom is -0.0581 e. The molecule has 5 aromatic rings. The van der Waals surface area contributed by atoms with Crippen LogP contribution in [0.25, 0.3) is 43.1 Å². The van der Waals surface area contributed by atoms with Crippen LogP contribution in [0.1, 0.15) is 98.3 Å². The minimum absolute atomic E-state index is 0.730. The molecule has 0 saturated heterocycles. The fourth-order valence-electron chi connectivity index (χ4n) is 7.51. The van der Waals surface area contributed by atoms with E-state index in [1.54, 1.807) is 11.1 Å². The van der Waals surface area contributed by atoms with Crippen molar-refractivity contribution in [3.05, 3.63) is 70.8 Å². The summed E-state index contributed by atoms with van der Waals surface area (Å²) in [5, 5.41) is 11.9. The quantitative estimate of drug-likeness (QED) is 0.188. The zero-order valence-corrected chi connectivity index (χ0v) is 20.8. The standard InChI is InChI=1S/C34H36/c1-21-13-15-27-28-16-14-22(2)30-18-26(24-11-7-4-8-12-24)20-32(34(28)30)31-19-25(17-29(21)33(27)31)23-9-5-3-6-10-23/h13-20,23-24H,3-12H2,1-2H3. The van der Waals surface area contributed by atoms with Gasteiger partial charge in [0, 0.05) is 0 Å². The molecular weight excluding hydrogens is 408 g/mol. The Bertz CT molecular complexity index is 1410. The van der Waals surface area contributed by atoms with Gasteiger partial charge in [0.25, 0.3) is 0 Å². The minimum atomic E-state index is 0.730. The maximum atomic E-state index is 2.62. The molecule has 0 heterocycles. The van der Waals surface area contributed by atoms with Crippen molar-refractivity contribution >= 4 is 43.1 Å². The van der Waals surface area contributed by atoms with E-state index in [0.717, 1.165) is 11.8 Å². The van der Waals surface area contributed by atoms with Crippen LogP contribution < -0.4 is 0 Å². The molecule has 2 aliphatic rings. The molecule has 7 rings (SSSR count). The van der Waals surface area contributed by atoms with Gasteiger partial charge in [0.1, 0.15) is 0 Å². The van der Waals surface area contributed by atoms with Crippen LogP contribution in [-0.2, 0) is 0 Å². The fraction of sp³-hybridized carbons (Fsp3) is 0.412. The average Bonchev–Trinajstić information content (AvgIpc) is 2.90. The second kappa shape index (κ2) is 7.98. The highest BCUT2D eigenvalue weighted by atomic mass is 14.3. The summed E-state index contributed by atoms with van der Waals surface area (Å²) in [7, 11) is 0. The number of aryl methyl sites for hydroxylation is 2. The molecule has 34 heavy (non-hydrogen) atoms. The first-order valence-corrected chi connectivity index (χ1v) is 13.8. The van der Waals surface area contributed by atoms with Crippen LogP contribution in [0, 0.1) is 13.8 Å². The van der Waals surface area contributed by atoms with E-state index in [2.05, 4.69) is 62.4 Å². The zero-order valence-electron chi connectivity index (χ0n) is 20.8. The summed E-state index contributed by atoms with van der Waals surface area (Å²) in [4.78, 5) is 0. The Morgan fingerprint density at radius 1 is 0.441 bits per heavy atom. The van der Waals surface area contributed by atoms with Crippen molar-refractivity contribution in [3.63, 3.8) is 0 Å². The molecule has 0 bridgehead atoms. The van der Waals surface area contributed by atoms with Gasteiger partial charge in [0.05, 0.1) is 0 Å². The number of hydrogen-bond acceptors (Lipinski definition) is 0. The first kappa shape index (κ1) is 20.7. The first-order chi connectivity index (χ1) is 16.7. The Labute approximate surface area is 203 Å². The third-order valence-corrected chi connectivity index (χ3v) is 9.44. The summed E-state index contributed by atoms with van der Waals surface area (Å²) in [5.41, 5.74) is 6.03. The van der Waals surface area contributed by atoms with Crippen molar-refractivity contribution in [2.45, 2.75) is 89.9 Å². The van der Waals surface area contributed by atoms with Gasteiger partial charge in [-0.05, 0) is 117 Å². The van der Waals surface area contributed by atoms with Gasteiger partial charge in [0.2, 0.25) is 0 Å². The highest BCUT2D eigenvalue weighted by molar-refractivity contribution is 6.33.